The van der Waals surface area contributed by atoms with Crippen molar-refractivity contribution in [3.8, 4) is 11.4 Å². The van der Waals surface area contributed by atoms with Crippen molar-refractivity contribution in [3.05, 3.63) is 36.3 Å². The van der Waals surface area contributed by atoms with Crippen molar-refractivity contribution >= 4 is 5.82 Å². The van der Waals surface area contributed by atoms with E-state index < -0.39 is 0 Å². The second-order valence-corrected chi connectivity index (χ2v) is 6.54. The van der Waals surface area contributed by atoms with E-state index in [0.717, 1.165) is 74.7 Å². The van der Waals surface area contributed by atoms with Gasteiger partial charge in [0.1, 0.15) is 5.82 Å². The summed E-state index contributed by atoms with van der Waals surface area (Å²) < 4.78 is 5.97. The van der Waals surface area contributed by atoms with Gasteiger partial charge in [0.25, 0.3) is 0 Å². The highest BCUT2D eigenvalue weighted by molar-refractivity contribution is 5.57. The average Bonchev–Trinajstić information content (AvgIpc) is 2.92. The quantitative estimate of drug-likeness (QED) is 0.798. The standard InChI is InChI=1S/C20H28N4O/c1-3-14-25-18-6-5-12-24(13-9-18)19-15-17(4-2)22-20(23-19)16-7-10-21-11-8-16/h7-8,10-11,15,18H,3-6,9,12-14H2,1-2H3. The van der Waals surface area contributed by atoms with Gasteiger partial charge in [0.2, 0.25) is 0 Å². The number of ether oxygens (including phenoxy) is 1. The van der Waals surface area contributed by atoms with E-state index in [4.69, 9.17) is 14.7 Å². The molecule has 0 aliphatic carbocycles. The molecule has 1 aliphatic heterocycles. The Bertz CT molecular complexity index is 662. The molecule has 0 bridgehead atoms. The van der Waals surface area contributed by atoms with E-state index in [-0.39, 0.29) is 0 Å². The topological polar surface area (TPSA) is 51.1 Å². The summed E-state index contributed by atoms with van der Waals surface area (Å²) in [6, 6.07) is 6.07. The molecular weight excluding hydrogens is 312 g/mol. The molecule has 3 heterocycles. The maximum absolute atomic E-state index is 5.97. The van der Waals surface area contributed by atoms with Gasteiger partial charge >= 0.3 is 0 Å². The van der Waals surface area contributed by atoms with Crippen molar-refractivity contribution in [2.24, 2.45) is 0 Å². The molecule has 5 heteroatoms. The van der Waals surface area contributed by atoms with E-state index in [0.29, 0.717) is 6.10 Å². The first-order valence-electron chi connectivity index (χ1n) is 9.45. The Kier molecular flexibility index (Phi) is 6.34. The zero-order chi connectivity index (χ0) is 17.5. The summed E-state index contributed by atoms with van der Waals surface area (Å²) in [6.45, 7) is 7.19. The van der Waals surface area contributed by atoms with Crippen LogP contribution in [-0.4, -0.2) is 40.8 Å². The van der Waals surface area contributed by atoms with Crippen LogP contribution in [-0.2, 0) is 11.2 Å². The molecule has 1 aliphatic rings. The molecule has 2 aromatic heterocycles. The zero-order valence-corrected chi connectivity index (χ0v) is 15.3. The molecule has 1 saturated heterocycles. The van der Waals surface area contributed by atoms with Crippen LogP contribution in [0.5, 0.6) is 0 Å². The molecule has 134 valence electrons. The van der Waals surface area contributed by atoms with Gasteiger partial charge in [-0.15, -0.1) is 0 Å². The van der Waals surface area contributed by atoms with Crippen LogP contribution in [0, 0.1) is 0 Å². The number of nitrogens with zero attached hydrogens (tertiary/aromatic N) is 4. The lowest BCUT2D eigenvalue weighted by atomic mass is 10.2. The van der Waals surface area contributed by atoms with Crippen LogP contribution in [0.3, 0.4) is 0 Å². The van der Waals surface area contributed by atoms with Gasteiger partial charge in [-0.25, -0.2) is 9.97 Å². The van der Waals surface area contributed by atoms with Gasteiger partial charge in [-0.2, -0.15) is 0 Å². The fourth-order valence-electron chi connectivity index (χ4n) is 3.20. The monoisotopic (exact) mass is 340 g/mol. The number of pyridine rings is 1. The first-order valence-corrected chi connectivity index (χ1v) is 9.45. The molecule has 2 aromatic rings. The van der Waals surface area contributed by atoms with Crippen molar-refractivity contribution in [2.45, 2.75) is 52.1 Å². The Balaban J connectivity index is 1.79. The summed E-state index contributed by atoms with van der Waals surface area (Å²) in [6.07, 6.45) is 9.30. The summed E-state index contributed by atoms with van der Waals surface area (Å²) in [5, 5.41) is 0. The van der Waals surface area contributed by atoms with Crippen molar-refractivity contribution in [3.63, 3.8) is 0 Å². The molecule has 1 atom stereocenters. The number of hydrogen-bond acceptors (Lipinski definition) is 5. The molecule has 25 heavy (non-hydrogen) atoms. The number of rotatable bonds is 6. The SMILES string of the molecule is CCCOC1CCCN(c2cc(CC)nc(-c3ccncc3)n2)CC1. The highest BCUT2D eigenvalue weighted by Crippen LogP contribution is 2.23. The first kappa shape index (κ1) is 17.8. The van der Waals surface area contributed by atoms with Crippen LogP contribution in [0.4, 0.5) is 5.82 Å². The Morgan fingerprint density at radius 3 is 2.72 bits per heavy atom. The van der Waals surface area contributed by atoms with E-state index in [2.05, 4.69) is 29.8 Å². The largest absolute Gasteiger partial charge is 0.378 e. The van der Waals surface area contributed by atoms with E-state index in [1.54, 1.807) is 12.4 Å². The molecule has 0 saturated carbocycles. The van der Waals surface area contributed by atoms with Crippen LogP contribution in [0.1, 0.15) is 45.2 Å². The minimum Gasteiger partial charge on any atom is -0.378 e. The van der Waals surface area contributed by atoms with Gasteiger partial charge in [0.05, 0.1) is 6.10 Å². The van der Waals surface area contributed by atoms with Crippen molar-refractivity contribution in [2.75, 3.05) is 24.6 Å². The average molecular weight is 340 g/mol. The fourth-order valence-corrected chi connectivity index (χ4v) is 3.20. The van der Waals surface area contributed by atoms with Crippen LogP contribution >= 0.6 is 0 Å². The normalized spacial score (nSPS) is 18.2. The van der Waals surface area contributed by atoms with Crippen LogP contribution in [0.15, 0.2) is 30.6 Å². The maximum atomic E-state index is 5.97. The third kappa shape index (κ3) is 4.75. The highest BCUT2D eigenvalue weighted by Gasteiger charge is 2.19. The summed E-state index contributed by atoms with van der Waals surface area (Å²) in [4.78, 5) is 16.0. The lowest BCUT2D eigenvalue weighted by Gasteiger charge is -2.23. The lowest BCUT2D eigenvalue weighted by molar-refractivity contribution is 0.0461. The zero-order valence-electron chi connectivity index (χ0n) is 15.3. The number of aromatic nitrogens is 3. The van der Waals surface area contributed by atoms with Crippen LogP contribution < -0.4 is 4.90 Å². The van der Waals surface area contributed by atoms with Crippen LogP contribution in [0.25, 0.3) is 11.4 Å². The minimum absolute atomic E-state index is 0.386. The van der Waals surface area contributed by atoms with E-state index in [9.17, 15) is 0 Å². The van der Waals surface area contributed by atoms with E-state index >= 15 is 0 Å². The van der Waals surface area contributed by atoms with E-state index in [1.807, 2.05) is 12.1 Å². The number of aryl methyl sites for hydroxylation is 1. The van der Waals surface area contributed by atoms with Gasteiger partial charge in [0, 0.05) is 49.4 Å². The molecule has 1 unspecified atom stereocenters. The Hall–Kier alpha value is -2.01. The fraction of sp³-hybridized carbons (Fsp3) is 0.550. The molecule has 1 fully saturated rings. The molecule has 0 spiro atoms. The maximum Gasteiger partial charge on any atom is 0.161 e. The molecule has 0 N–H and O–H groups in total. The smallest absolute Gasteiger partial charge is 0.161 e. The van der Waals surface area contributed by atoms with E-state index in [1.165, 1.54) is 0 Å². The number of hydrogen-bond donors (Lipinski definition) is 0. The van der Waals surface area contributed by atoms with Crippen LogP contribution in [0.2, 0.25) is 0 Å². The second kappa shape index (κ2) is 8.90. The van der Waals surface area contributed by atoms with Gasteiger partial charge in [-0.1, -0.05) is 13.8 Å². The molecular formula is C20H28N4O. The predicted octanol–water partition coefficient (Wildman–Crippen LogP) is 3.89. The molecule has 0 radical (unpaired) electrons. The lowest BCUT2D eigenvalue weighted by Crippen LogP contribution is -2.26. The van der Waals surface area contributed by atoms with Gasteiger partial charge < -0.3 is 9.64 Å². The third-order valence-corrected chi connectivity index (χ3v) is 4.62. The second-order valence-electron chi connectivity index (χ2n) is 6.54. The van der Waals surface area contributed by atoms with Gasteiger partial charge in [0.15, 0.2) is 5.82 Å². The summed E-state index contributed by atoms with van der Waals surface area (Å²) >= 11 is 0. The van der Waals surface area contributed by atoms with Crippen molar-refractivity contribution in [1.82, 2.24) is 15.0 Å². The van der Waals surface area contributed by atoms with Gasteiger partial charge in [-0.3, -0.25) is 4.98 Å². The first-order chi connectivity index (χ1) is 12.3. The molecule has 0 amide bonds. The predicted molar refractivity (Wildman–Crippen MR) is 101 cm³/mol. The summed E-state index contributed by atoms with van der Waals surface area (Å²) in [5.41, 5.74) is 2.10. The molecule has 5 nitrogen and oxygen atoms in total. The Labute approximate surface area is 150 Å². The Morgan fingerprint density at radius 1 is 1.12 bits per heavy atom. The third-order valence-electron chi connectivity index (χ3n) is 4.62. The summed E-state index contributed by atoms with van der Waals surface area (Å²) in [5.74, 6) is 1.83. The minimum atomic E-state index is 0.386. The molecule has 3 rings (SSSR count). The van der Waals surface area contributed by atoms with Crippen molar-refractivity contribution in [1.29, 1.82) is 0 Å². The molecule has 0 aromatic carbocycles. The van der Waals surface area contributed by atoms with Crippen molar-refractivity contribution < 1.29 is 4.74 Å². The highest BCUT2D eigenvalue weighted by atomic mass is 16.5. The Morgan fingerprint density at radius 2 is 1.96 bits per heavy atom. The van der Waals surface area contributed by atoms with Gasteiger partial charge in [-0.05, 0) is 44.2 Å². The summed E-state index contributed by atoms with van der Waals surface area (Å²) in [7, 11) is 0. The number of anilines is 1.